The number of anilines is 1. The van der Waals surface area contributed by atoms with E-state index in [2.05, 4.69) is 30.2 Å². The Labute approximate surface area is 92.6 Å². The van der Waals surface area contributed by atoms with Gasteiger partial charge in [-0.15, -0.1) is 10.2 Å². The van der Waals surface area contributed by atoms with E-state index >= 15 is 0 Å². The minimum atomic E-state index is -4.64. The number of nitrogens with zero attached hydrogens (tertiary/aromatic N) is 5. The molecule has 0 spiro atoms. The second kappa shape index (κ2) is 4.03. The maximum absolute atomic E-state index is 12.1. The molecule has 10 heteroatoms. The summed E-state index contributed by atoms with van der Waals surface area (Å²) in [6.07, 6.45) is -3.17. The Morgan fingerprint density at radius 3 is 2.71 bits per heavy atom. The van der Waals surface area contributed by atoms with Crippen LogP contribution in [-0.2, 0) is 19.8 Å². The molecule has 2 aromatic rings. The highest BCUT2D eigenvalue weighted by Crippen LogP contribution is 2.28. The molecule has 1 N–H and O–H groups in total. The van der Waals surface area contributed by atoms with Gasteiger partial charge in [0.05, 0.1) is 18.4 Å². The fraction of sp³-hybridized carbons (Fsp3) is 0.429. The molecule has 17 heavy (non-hydrogen) atoms. The molecule has 0 aliphatic carbocycles. The summed E-state index contributed by atoms with van der Waals surface area (Å²) in [5.74, 6) is -1.39. The SMILES string of the molecule is Cn1nncc1CNc1nnc(C(F)(F)F)o1. The lowest BCUT2D eigenvalue weighted by Gasteiger charge is -2.00. The van der Waals surface area contributed by atoms with Crippen molar-refractivity contribution in [3.63, 3.8) is 0 Å². The number of aryl methyl sites for hydroxylation is 1. The molecule has 0 fully saturated rings. The van der Waals surface area contributed by atoms with Gasteiger partial charge in [0.2, 0.25) is 0 Å². The van der Waals surface area contributed by atoms with Crippen molar-refractivity contribution in [2.45, 2.75) is 12.7 Å². The average molecular weight is 248 g/mol. The molecule has 0 saturated heterocycles. The minimum Gasteiger partial charge on any atom is -0.399 e. The van der Waals surface area contributed by atoms with E-state index in [4.69, 9.17) is 0 Å². The molecule has 0 atom stereocenters. The first-order chi connectivity index (χ1) is 7.97. The molecular weight excluding hydrogens is 241 g/mol. The molecule has 2 rings (SSSR count). The van der Waals surface area contributed by atoms with Crippen LogP contribution in [0.2, 0.25) is 0 Å². The van der Waals surface area contributed by atoms with Gasteiger partial charge in [-0.25, -0.2) is 0 Å². The van der Waals surface area contributed by atoms with Crippen molar-refractivity contribution in [3.8, 4) is 0 Å². The summed E-state index contributed by atoms with van der Waals surface area (Å²) in [4.78, 5) is 0. The zero-order chi connectivity index (χ0) is 12.5. The summed E-state index contributed by atoms with van der Waals surface area (Å²) >= 11 is 0. The molecule has 0 saturated carbocycles. The molecular formula is C7H7F3N6O. The molecule has 0 amide bonds. The lowest BCUT2D eigenvalue weighted by atomic mass is 10.5. The zero-order valence-corrected chi connectivity index (χ0v) is 8.56. The van der Waals surface area contributed by atoms with E-state index in [1.165, 1.54) is 10.9 Å². The molecule has 0 aromatic carbocycles. The zero-order valence-electron chi connectivity index (χ0n) is 8.56. The number of aromatic nitrogens is 5. The first-order valence-corrected chi connectivity index (χ1v) is 4.45. The van der Waals surface area contributed by atoms with Crippen LogP contribution in [0.25, 0.3) is 0 Å². The van der Waals surface area contributed by atoms with Crippen LogP contribution in [0.4, 0.5) is 19.2 Å². The fourth-order valence-electron chi connectivity index (χ4n) is 1.05. The smallest absolute Gasteiger partial charge is 0.399 e. The van der Waals surface area contributed by atoms with Crippen LogP contribution in [-0.4, -0.2) is 25.2 Å². The van der Waals surface area contributed by atoms with Crippen molar-refractivity contribution >= 4 is 6.01 Å². The average Bonchev–Trinajstić information content (AvgIpc) is 2.82. The summed E-state index contributed by atoms with van der Waals surface area (Å²) in [6.45, 7) is 0.184. The number of hydrogen-bond donors (Lipinski definition) is 1. The van der Waals surface area contributed by atoms with Gasteiger partial charge in [0, 0.05) is 7.05 Å². The highest BCUT2D eigenvalue weighted by atomic mass is 19.4. The highest BCUT2D eigenvalue weighted by molar-refractivity contribution is 5.19. The Kier molecular flexibility index (Phi) is 2.69. The molecule has 2 heterocycles. The first-order valence-electron chi connectivity index (χ1n) is 4.45. The Morgan fingerprint density at radius 2 is 2.18 bits per heavy atom. The Morgan fingerprint density at radius 1 is 1.41 bits per heavy atom. The van der Waals surface area contributed by atoms with E-state index in [1.54, 1.807) is 7.05 Å². The van der Waals surface area contributed by atoms with E-state index in [-0.39, 0.29) is 12.6 Å². The second-order valence-corrected chi connectivity index (χ2v) is 3.11. The van der Waals surface area contributed by atoms with Crippen LogP contribution in [0.3, 0.4) is 0 Å². The molecule has 0 radical (unpaired) electrons. The van der Waals surface area contributed by atoms with Gasteiger partial charge in [0.15, 0.2) is 0 Å². The highest BCUT2D eigenvalue weighted by Gasteiger charge is 2.38. The maximum Gasteiger partial charge on any atom is 0.470 e. The summed E-state index contributed by atoms with van der Waals surface area (Å²) in [5.41, 5.74) is 0.664. The summed E-state index contributed by atoms with van der Waals surface area (Å²) in [7, 11) is 1.65. The third kappa shape index (κ3) is 2.52. The standard InChI is InChI=1S/C7H7F3N6O/c1-16-4(3-12-15-16)2-11-6-14-13-5(17-6)7(8,9)10/h3H,2H2,1H3,(H,11,14). The molecule has 2 aromatic heterocycles. The van der Waals surface area contributed by atoms with Crippen LogP contribution in [0, 0.1) is 0 Å². The van der Waals surface area contributed by atoms with Crippen molar-refractivity contribution < 1.29 is 17.6 Å². The lowest BCUT2D eigenvalue weighted by Crippen LogP contribution is -2.06. The summed E-state index contributed by atoms with van der Waals surface area (Å²) in [6, 6.07) is -0.307. The predicted octanol–water partition coefficient (Wildman–Crippen LogP) is 0.829. The molecule has 0 aliphatic heterocycles. The topological polar surface area (TPSA) is 81.7 Å². The van der Waals surface area contributed by atoms with E-state index in [9.17, 15) is 13.2 Å². The largest absolute Gasteiger partial charge is 0.470 e. The van der Waals surface area contributed by atoms with E-state index in [1.807, 2.05) is 0 Å². The van der Waals surface area contributed by atoms with Gasteiger partial charge in [-0.3, -0.25) is 4.68 Å². The van der Waals surface area contributed by atoms with Gasteiger partial charge >= 0.3 is 18.1 Å². The maximum atomic E-state index is 12.1. The lowest BCUT2D eigenvalue weighted by molar-refractivity contribution is -0.156. The quantitative estimate of drug-likeness (QED) is 0.866. The van der Waals surface area contributed by atoms with Gasteiger partial charge < -0.3 is 9.73 Å². The monoisotopic (exact) mass is 248 g/mol. The molecule has 92 valence electrons. The Bertz CT molecular complexity index is 504. The summed E-state index contributed by atoms with van der Waals surface area (Å²) in [5, 5.41) is 15.9. The Balaban J connectivity index is 2.01. The van der Waals surface area contributed by atoms with Crippen LogP contribution in [0.1, 0.15) is 11.6 Å². The van der Waals surface area contributed by atoms with Crippen molar-refractivity contribution in [1.82, 2.24) is 25.2 Å². The van der Waals surface area contributed by atoms with Gasteiger partial charge in [0.25, 0.3) is 0 Å². The van der Waals surface area contributed by atoms with Crippen LogP contribution >= 0.6 is 0 Å². The number of halogens is 3. The van der Waals surface area contributed by atoms with Crippen molar-refractivity contribution in [2.24, 2.45) is 7.05 Å². The van der Waals surface area contributed by atoms with Gasteiger partial charge in [0.1, 0.15) is 0 Å². The first kappa shape index (κ1) is 11.4. The molecule has 7 nitrogen and oxygen atoms in total. The predicted molar refractivity (Wildman–Crippen MR) is 47.6 cm³/mol. The van der Waals surface area contributed by atoms with Crippen LogP contribution in [0.5, 0.6) is 0 Å². The van der Waals surface area contributed by atoms with Crippen molar-refractivity contribution in [1.29, 1.82) is 0 Å². The number of hydrogen-bond acceptors (Lipinski definition) is 6. The number of nitrogens with one attached hydrogen (secondary N) is 1. The summed E-state index contributed by atoms with van der Waals surface area (Å²) < 4.78 is 42.2. The molecule has 0 bridgehead atoms. The number of alkyl halides is 3. The van der Waals surface area contributed by atoms with Gasteiger partial charge in [-0.05, 0) is 0 Å². The molecule has 0 aliphatic rings. The van der Waals surface area contributed by atoms with Crippen LogP contribution in [0.15, 0.2) is 10.6 Å². The van der Waals surface area contributed by atoms with E-state index in [0.717, 1.165) is 0 Å². The minimum absolute atomic E-state index is 0.184. The third-order valence-electron chi connectivity index (χ3n) is 1.90. The van der Waals surface area contributed by atoms with Crippen molar-refractivity contribution in [3.05, 3.63) is 17.8 Å². The van der Waals surface area contributed by atoms with Crippen LogP contribution < -0.4 is 5.32 Å². The second-order valence-electron chi connectivity index (χ2n) is 3.11. The number of rotatable bonds is 3. The van der Waals surface area contributed by atoms with E-state index < -0.39 is 12.1 Å². The van der Waals surface area contributed by atoms with Crippen molar-refractivity contribution in [2.75, 3.05) is 5.32 Å². The fourth-order valence-corrected chi connectivity index (χ4v) is 1.05. The Hall–Kier alpha value is -2.13. The van der Waals surface area contributed by atoms with Gasteiger partial charge in [-0.2, -0.15) is 13.2 Å². The normalized spacial score (nSPS) is 11.8. The molecule has 0 unspecified atom stereocenters. The third-order valence-corrected chi connectivity index (χ3v) is 1.90. The van der Waals surface area contributed by atoms with E-state index in [0.29, 0.717) is 5.69 Å². The van der Waals surface area contributed by atoms with Gasteiger partial charge in [-0.1, -0.05) is 10.3 Å².